The van der Waals surface area contributed by atoms with Gasteiger partial charge in [0.2, 0.25) is 5.75 Å². The molecule has 2 aromatic carbocycles. The molecule has 0 unspecified atom stereocenters. The lowest BCUT2D eigenvalue weighted by molar-refractivity contribution is 0.104. The van der Waals surface area contributed by atoms with Crippen LogP contribution >= 0.6 is 15.9 Å². The van der Waals surface area contributed by atoms with Crippen LogP contribution in [0.1, 0.15) is 15.9 Å². The third kappa shape index (κ3) is 3.93. The van der Waals surface area contributed by atoms with Gasteiger partial charge in [0.05, 0.1) is 21.3 Å². The van der Waals surface area contributed by atoms with Crippen molar-refractivity contribution in [1.82, 2.24) is 0 Å². The summed E-state index contributed by atoms with van der Waals surface area (Å²) < 4.78 is 16.6. The van der Waals surface area contributed by atoms with Gasteiger partial charge >= 0.3 is 0 Å². The third-order valence-corrected chi connectivity index (χ3v) is 3.95. The highest BCUT2D eigenvalue weighted by Crippen LogP contribution is 2.38. The Morgan fingerprint density at radius 2 is 1.61 bits per heavy atom. The number of hydrogen-bond donors (Lipinski definition) is 0. The van der Waals surface area contributed by atoms with Crippen LogP contribution in [0.25, 0.3) is 6.08 Å². The van der Waals surface area contributed by atoms with E-state index in [1.807, 2.05) is 18.2 Å². The van der Waals surface area contributed by atoms with Crippen LogP contribution in [0.15, 0.2) is 46.9 Å². The van der Waals surface area contributed by atoms with Crippen molar-refractivity contribution in [2.24, 2.45) is 0 Å². The zero-order chi connectivity index (χ0) is 16.8. The number of carbonyl (C=O) groups is 1. The Morgan fingerprint density at radius 3 is 2.13 bits per heavy atom. The molecule has 0 atom stereocenters. The maximum absolute atomic E-state index is 12.3. The monoisotopic (exact) mass is 376 g/mol. The van der Waals surface area contributed by atoms with E-state index in [0.717, 1.165) is 10.0 Å². The number of benzene rings is 2. The standard InChI is InChI=1S/C18H17BrO4/c1-21-16-10-12(11-17(22-2)18(16)23-3)8-9-15(20)13-6-4-5-7-14(13)19/h4-11H,1-3H3. The van der Waals surface area contributed by atoms with Gasteiger partial charge in [-0.05, 0) is 35.9 Å². The topological polar surface area (TPSA) is 44.8 Å². The van der Waals surface area contributed by atoms with E-state index in [1.54, 1.807) is 45.6 Å². The van der Waals surface area contributed by atoms with Crippen molar-refractivity contribution in [3.63, 3.8) is 0 Å². The van der Waals surface area contributed by atoms with Gasteiger partial charge in [-0.2, -0.15) is 0 Å². The molecular weight excluding hydrogens is 360 g/mol. The van der Waals surface area contributed by atoms with Gasteiger partial charge in [-0.3, -0.25) is 4.79 Å². The van der Waals surface area contributed by atoms with Crippen LogP contribution in [0.3, 0.4) is 0 Å². The molecule has 0 bridgehead atoms. The van der Waals surface area contributed by atoms with E-state index in [4.69, 9.17) is 14.2 Å². The highest BCUT2D eigenvalue weighted by Gasteiger charge is 2.12. The Balaban J connectivity index is 2.32. The van der Waals surface area contributed by atoms with Crippen LogP contribution in [-0.4, -0.2) is 27.1 Å². The Hall–Kier alpha value is -2.27. The van der Waals surface area contributed by atoms with Gasteiger partial charge in [0.15, 0.2) is 17.3 Å². The number of hydrogen-bond acceptors (Lipinski definition) is 4. The molecular formula is C18H17BrO4. The van der Waals surface area contributed by atoms with Gasteiger partial charge in [0, 0.05) is 10.0 Å². The van der Waals surface area contributed by atoms with Crippen LogP contribution in [-0.2, 0) is 0 Å². The summed E-state index contributed by atoms with van der Waals surface area (Å²) in [4.78, 5) is 12.3. The number of methoxy groups -OCH3 is 3. The molecule has 0 saturated carbocycles. The molecule has 0 aromatic heterocycles. The fourth-order valence-corrected chi connectivity index (χ4v) is 2.60. The number of ketones is 1. The maximum atomic E-state index is 12.3. The second-order valence-electron chi connectivity index (χ2n) is 4.64. The predicted molar refractivity (Wildman–Crippen MR) is 93.6 cm³/mol. The molecule has 2 aromatic rings. The Bertz CT molecular complexity index is 713. The Morgan fingerprint density at radius 1 is 1.00 bits per heavy atom. The van der Waals surface area contributed by atoms with E-state index in [2.05, 4.69) is 15.9 Å². The lowest BCUT2D eigenvalue weighted by atomic mass is 10.1. The van der Waals surface area contributed by atoms with Crippen molar-refractivity contribution in [2.75, 3.05) is 21.3 Å². The summed E-state index contributed by atoms with van der Waals surface area (Å²) in [6.45, 7) is 0. The zero-order valence-electron chi connectivity index (χ0n) is 13.1. The lowest BCUT2D eigenvalue weighted by Gasteiger charge is -2.12. The fourth-order valence-electron chi connectivity index (χ4n) is 2.12. The molecule has 0 N–H and O–H groups in total. The van der Waals surface area contributed by atoms with Gasteiger partial charge in [-0.25, -0.2) is 0 Å². The fraction of sp³-hybridized carbons (Fsp3) is 0.167. The average Bonchev–Trinajstić information content (AvgIpc) is 2.58. The van der Waals surface area contributed by atoms with Crippen LogP contribution < -0.4 is 14.2 Å². The molecule has 0 heterocycles. The quantitative estimate of drug-likeness (QED) is 0.554. The van der Waals surface area contributed by atoms with Gasteiger partial charge in [0.25, 0.3) is 0 Å². The number of halogens is 1. The van der Waals surface area contributed by atoms with Crippen molar-refractivity contribution in [2.45, 2.75) is 0 Å². The molecule has 0 aliphatic heterocycles. The summed E-state index contributed by atoms with van der Waals surface area (Å²) >= 11 is 3.38. The molecule has 0 saturated heterocycles. The maximum Gasteiger partial charge on any atom is 0.203 e. The van der Waals surface area contributed by atoms with E-state index in [1.165, 1.54) is 6.08 Å². The summed E-state index contributed by atoms with van der Waals surface area (Å²) in [7, 11) is 4.65. The molecule has 4 nitrogen and oxygen atoms in total. The lowest BCUT2D eigenvalue weighted by Crippen LogP contribution is -1.97. The summed E-state index contributed by atoms with van der Waals surface area (Å²) in [5.74, 6) is 1.51. The van der Waals surface area contributed by atoms with Gasteiger partial charge in [-0.1, -0.05) is 34.1 Å². The molecule has 0 spiro atoms. The minimum atomic E-state index is -0.0915. The van der Waals surface area contributed by atoms with Gasteiger partial charge in [0.1, 0.15) is 0 Å². The molecule has 120 valence electrons. The second-order valence-corrected chi connectivity index (χ2v) is 5.49. The third-order valence-electron chi connectivity index (χ3n) is 3.25. The first kappa shape index (κ1) is 17.1. The molecule has 0 aliphatic carbocycles. The van der Waals surface area contributed by atoms with Crippen molar-refractivity contribution < 1.29 is 19.0 Å². The Labute approximate surface area is 143 Å². The summed E-state index contributed by atoms with van der Waals surface area (Å²) in [6, 6.07) is 10.9. The number of rotatable bonds is 6. The average molecular weight is 377 g/mol. The van der Waals surface area contributed by atoms with Crippen molar-refractivity contribution >= 4 is 27.8 Å². The first-order valence-electron chi connectivity index (χ1n) is 6.87. The van der Waals surface area contributed by atoms with Crippen molar-refractivity contribution in [1.29, 1.82) is 0 Å². The minimum Gasteiger partial charge on any atom is -0.493 e. The predicted octanol–water partition coefficient (Wildman–Crippen LogP) is 4.37. The van der Waals surface area contributed by atoms with Gasteiger partial charge in [-0.15, -0.1) is 0 Å². The molecule has 23 heavy (non-hydrogen) atoms. The molecule has 0 radical (unpaired) electrons. The summed E-state index contributed by atoms with van der Waals surface area (Å²) in [6.07, 6.45) is 3.23. The van der Waals surface area contributed by atoms with Crippen LogP contribution in [0, 0.1) is 0 Å². The van der Waals surface area contributed by atoms with Crippen molar-refractivity contribution in [3.05, 3.63) is 58.1 Å². The minimum absolute atomic E-state index is 0.0915. The van der Waals surface area contributed by atoms with E-state index in [9.17, 15) is 4.79 Å². The van der Waals surface area contributed by atoms with E-state index in [-0.39, 0.29) is 5.78 Å². The molecule has 5 heteroatoms. The molecule has 2 rings (SSSR count). The van der Waals surface area contributed by atoms with Crippen LogP contribution in [0.2, 0.25) is 0 Å². The summed E-state index contributed by atoms with van der Waals surface area (Å²) in [5.41, 5.74) is 1.39. The number of ether oxygens (including phenoxy) is 3. The highest BCUT2D eigenvalue weighted by molar-refractivity contribution is 9.10. The summed E-state index contributed by atoms with van der Waals surface area (Å²) in [5, 5.41) is 0. The highest BCUT2D eigenvalue weighted by atomic mass is 79.9. The van der Waals surface area contributed by atoms with E-state index < -0.39 is 0 Å². The number of carbonyl (C=O) groups excluding carboxylic acids is 1. The van der Waals surface area contributed by atoms with E-state index >= 15 is 0 Å². The van der Waals surface area contributed by atoms with Crippen LogP contribution in [0.5, 0.6) is 17.2 Å². The Kier molecular flexibility index (Phi) is 5.82. The zero-order valence-corrected chi connectivity index (χ0v) is 14.7. The second kappa shape index (κ2) is 7.83. The molecule has 0 amide bonds. The smallest absolute Gasteiger partial charge is 0.203 e. The molecule has 0 fully saturated rings. The SMILES string of the molecule is COc1cc(C=CC(=O)c2ccccc2Br)cc(OC)c1OC. The first-order valence-corrected chi connectivity index (χ1v) is 7.67. The largest absolute Gasteiger partial charge is 0.493 e. The van der Waals surface area contributed by atoms with E-state index in [0.29, 0.717) is 22.8 Å². The molecule has 0 aliphatic rings. The van der Waals surface area contributed by atoms with Crippen molar-refractivity contribution in [3.8, 4) is 17.2 Å². The first-order chi connectivity index (χ1) is 11.1. The number of allylic oxidation sites excluding steroid dienone is 1. The normalized spacial score (nSPS) is 10.6. The van der Waals surface area contributed by atoms with Crippen LogP contribution in [0.4, 0.5) is 0 Å². The van der Waals surface area contributed by atoms with Gasteiger partial charge < -0.3 is 14.2 Å².